The lowest BCUT2D eigenvalue weighted by Crippen LogP contribution is -2.23. The average Bonchev–Trinajstić information content (AvgIpc) is 2.72. The van der Waals surface area contributed by atoms with Gasteiger partial charge in [0.25, 0.3) is 11.8 Å². The molecule has 1 heterocycles. The van der Waals surface area contributed by atoms with Crippen LogP contribution in [-0.2, 0) is 12.7 Å². The van der Waals surface area contributed by atoms with E-state index in [4.69, 9.17) is 0 Å². The van der Waals surface area contributed by atoms with Gasteiger partial charge in [0.15, 0.2) is 0 Å². The summed E-state index contributed by atoms with van der Waals surface area (Å²) in [7, 11) is 0. The molecule has 148 valence electrons. The molecule has 0 spiro atoms. The van der Waals surface area contributed by atoms with Crippen LogP contribution in [0.25, 0.3) is 0 Å². The van der Waals surface area contributed by atoms with E-state index >= 15 is 0 Å². The van der Waals surface area contributed by atoms with Crippen LogP contribution in [0.2, 0.25) is 0 Å². The van der Waals surface area contributed by atoms with Gasteiger partial charge in [-0.15, -0.1) is 0 Å². The van der Waals surface area contributed by atoms with Crippen LogP contribution >= 0.6 is 0 Å². The number of amides is 2. The Hall–Kier alpha value is -3.68. The third kappa shape index (κ3) is 5.41. The molecule has 0 radical (unpaired) electrons. The molecule has 0 unspecified atom stereocenters. The van der Waals surface area contributed by atoms with E-state index in [2.05, 4.69) is 15.6 Å². The number of aromatic nitrogens is 1. The summed E-state index contributed by atoms with van der Waals surface area (Å²) in [6.45, 7) is 0.321. The fraction of sp³-hybridized carbons (Fsp3) is 0.0952. The Balaban J connectivity index is 1.65. The van der Waals surface area contributed by atoms with Crippen molar-refractivity contribution in [2.75, 3.05) is 5.32 Å². The van der Waals surface area contributed by atoms with Gasteiger partial charge in [-0.2, -0.15) is 13.2 Å². The third-order valence-corrected chi connectivity index (χ3v) is 4.03. The number of halogens is 3. The number of carbonyl (C=O) groups excluding carboxylic acids is 2. The van der Waals surface area contributed by atoms with Crippen molar-refractivity contribution < 1.29 is 22.8 Å². The minimum atomic E-state index is -4.45. The minimum Gasteiger partial charge on any atom is -0.348 e. The van der Waals surface area contributed by atoms with E-state index < -0.39 is 23.6 Å². The van der Waals surface area contributed by atoms with Gasteiger partial charge in [-0.1, -0.05) is 30.3 Å². The van der Waals surface area contributed by atoms with Crippen LogP contribution < -0.4 is 10.6 Å². The van der Waals surface area contributed by atoms with Gasteiger partial charge in [0.05, 0.1) is 16.7 Å². The Kier molecular flexibility index (Phi) is 5.92. The molecule has 0 fully saturated rings. The molecule has 1 aromatic heterocycles. The van der Waals surface area contributed by atoms with Crippen molar-refractivity contribution in [3.05, 3.63) is 95.3 Å². The van der Waals surface area contributed by atoms with Crippen LogP contribution in [0.1, 0.15) is 31.8 Å². The van der Waals surface area contributed by atoms with E-state index in [-0.39, 0.29) is 16.8 Å². The smallest absolute Gasteiger partial charge is 0.348 e. The highest BCUT2D eigenvalue weighted by atomic mass is 19.4. The number of anilines is 1. The Morgan fingerprint density at radius 1 is 0.862 bits per heavy atom. The van der Waals surface area contributed by atoms with Crippen LogP contribution in [-0.4, -0.2) is 16.8 Å². The molecular formula is C21H16F3N3O2. The predicted molar refractivity (Wildman–Crippen MR) is 101 cm³/mol. The van der Waals surface area contributed by atoms with Crippen LogP contribution in [0.3, 0.4) is 0 Å². The quantitative estimate of drug-likeness (QED) is 0.673. The second kappa shape index (κ2) is 8.55. The summed E-state index contributed by atoms with van der Waals surface area (Å²) < 4.78 is 37.8. The number of carbonyl (C=O) groups is 2. The number of benzene rings is 2. The molecule has 0 aliphatic rings. The Morgan fingerprint density at radius 3 is 2.10 bits per heavy atom. The van der Waals surface area contributed by atoms with Crippen LogP contribution in [0.5, 0.6) is 0 Å². The van der Waals surface area contributed by atoms with E-state index in [1.807, 2.05) is 30.3 Å². The number of alkyl halides is 3. The molecule has 2 amide bonds. The van der Waals surface area contributed by atoms with E-state index in [9.17, 15) is 22.8 Å². The molecule has 2 aromatic carbocycles. The van der Waals surface area contributed by atoms with E-state index in [1.54, 1.807) is 0 Å². The topological polar surface area (TPSA) is 71.1 Å². The molecule has 0 aliphatic carbocycles. The van der Waals surface area contributed by atoms with Crippen molar-refractivity contribution in [2.24, 2.45) is 0 Å². The fourth-order valence-electron chi connectivity index (χ4n) is 2.51. The summed E-state index contributed by atoms with van der Waals surface area (Å²) in [6.07, 6.45) is -1.85. The maximum atomic E-state index is 12.6. The summed E-state index contributed by atoms with van der Waals surface area (Å²) in [5, 5.41) is 5.22. The molecule has 5 nitrogen and oxygen atoms in total. The second-order valence-corrected chi connectivity index (χ2v) is 6.16. The monoisotopic (exact) mass is 399 g/mol. The molecule has 0 saturated carbocycles. The van der Waals surface area contributed by atoms with Gasteiger partial charge in [-0.3, -0.25) is 14.6 Å². The first kappa shape index (κ1) is 20.1. The lowest BCUT2D eigenvalue weighted by molar-refractivity contribution is -0.137. The lowest BCUT2D eigenvalue weighted by atomic mass is 10.1. The zero-order valence-corrected chi connectivity index (χ0v) is 15.0. The van der Waals surface area contributed by atoms with Gasteiger partial charge in [0.2, 0.25) is 0 Å². The molecule has 3 rings (SSSR count). The molecule has 0 bridgehead atoms. The maximum Gasteiger partial charge on any atom is 0.416 e. The standard InChI is InChI=1S/C21H16F3N3O2/c22-21(23,24)17-6-8-18(9-7-17)27-20(29)16-10-15(12-25-13-16)19(28)26-11-14-4-2-1-3-5-14/h1-10,12-13H,11H2,(H,26,28)(H,27,29). The first-order chi connectivity index (χ1) is 13.8. The molecule has 3 aromatic rings. The molecule has 29 heavy (non-hydrogen) atoms. The summed E-state index contributed by atoms with van der Waals surface area (Å²) in [6, 6.07) is 14.8. The van der Waals surface area contributed by atoms with Crippen molar-refractivity contribution in [1.82, 2.24) is 10.3 Å². The van der Waals surface area contributed by atoms with Crippen molar-refractivity contribution in [3.8, 4) is 0 Å². The number of pyridine rings is 1. The predicted octanol–water partition coefficient (Wildman–Crippen LogP) is 4.28. The number of nitrogens with zero attached hydrogens (tertiary/aromatic N) is 1. The molecule has 8 heteroatoms. The van der Waals surface area contributed by atoms with Crippen molar-refractivity contribution in [3.63, 3.8) is 0 Å². The highest BCUT2D eigenvalue weighted by Gasteiger charge is 2.30. The molecule has 0 saturated heterocycles. The highest BCUT2D eigenvalue weighted by Crippen LogP contribution is 2.29. The summed E-state index contributed by atoms with van der Waals surface area (Å²) in [4.78, 5) is 28.5. The minimum absolute atomic E-state index is 0.109. The molecule has 0 aliphatic heterocycles. The van der Waals surface area contributed by atoms with E-state index in [0.29, 0.717) is 6.54 Å². The Labute approximate surface area is 164 Å². The zero-order valence-electron chi connectivity index (χ0n) is 15.0. The number of hydrogen-bond donors (Lipinski definition) is 2. The second-order valence-electron chi connectivity index (χ2n) is 6.16. The lowest BCUT2D eigenvalue weighted by Gasteiger charge is -2.09. The van der Waals surface area contributed by atoms with Gasteiger partial charge in [-0.05, 0) is 35.9 Å². The first-order valence-corrected chi connectivity index (χ1v) is 8.59. The van der Waals surface area contributed by atoms with Gasteiger partial charge >= 0.3 is 6.18 Å². The van der Waals surface area contributed by atoms with Crippen molar-refractivity contribution >= 4 is 17.5 Å². The molecule has 0 atom stereocenters. The fourth-order valence-corrected chi connectivity index (χ4v) is 2.51. The van der Waals surface area contributed by atoms with Gasteiger partial charge in [-0.25, -0.2) is 0 Å². The zero-order chi connectivity index (χ0) is 20.9. The van der Waals surface area contributed by atoms with Crippen molar-refractivity contribution in [2.45, 2.75) is 12.7 Å². The number of rotatable bonds is 5. The Bertz CT molecular complexity index is 1000. The maximum absolute atomic E-state index is 12.6. The van der Waals surface area contributed by atoms with Gasteiger partial charge in [0.1, 0.15) is 0 Å². The van der Waals surface area contributed by atoms with E-state index in [0.717, 1.165) is 29.8 Å². The summed E-state index contributed by atoms with van der Waals surface area (Å²) >= 11 is 0. The average molecular weight is 399 g/mol. The van der Waals surface area contributed by atoms with Crippen LogP contribution in [0.15, 0.2) is 73.1 Å². The van der Waals surface area contributed by atoms with Gasteiger partial charge < -0.3 is 10.6 Å². The first-order valence-electron chi connectivity index (χ1n) is 8.59. The number of nitrogens with one attached hydrogen (secondary N) is 2. The van der Waals surface area contributed by atoms with E-state index in [1.165, 1.54) is 18.5 Å². The third-order valence-electron chi connectivity index (χ3n) is 4.03. The van der Waals surface area contributed by atoms with Gasteiger partial charge in [0, 0.05) is 24.6 Å². The Morgan fingerprint density at radius 2 is 1.48 bits per heavy atom. The van der Waals surface area contributed by atoms with Crippen LogP contribution in [0, 0.1) is 0 Å². The molecular weight excluding hydrogens is 383 g/mol. The largest absolute Gasteiger partial charge is 0.416 e. The summed E-state index contributed by atoms with van der Waals surface area (Å²) in [5.74, 6) is -0.986. The van der Waals surface area contributed by atoms with Crippen LogP contribution in [0.4, 0.5) is 18.9 Å². The normalized spacial score (nSPS) is 11.0. The van der Waals surface area contributed by atoms with Crippen molar-refractivity contribution in [1.29, 1.82) is 0 Å². The molecule has 2 N–H and O–H groups in total. The highest BCUT2D eigenvalue weighted by molar-refractivity contribution is 6.05. The number of hydrogen-bond acceptors (Lipinski definition) is 3. The summed E-state index contributed by atoms with van der Waals surface area (Å²) in [5.41, 5.74) is 0.611. The SMILES string of the molecule is O=C(NCc1ccccc1)c1cncc(C(=O)Nc2ccc(C(F)(F)F)cc2)c1.